The van der Waals surface area contributed by atoms with Crippen molar-refractivity contribution in [1.29, 1.82) is 0 Å². The molecule has 1 saturated heterocycles. The predicted octanol–water partition coefficient (Wildman–Crippen LogP) is 1.65. The number of carbonyl (C=O) groups excluding carboxylic acids is 1. The van der Waals surface area contributed by atoms with Gasteiger partial charge in [-0.05, 0) is 46.6 Å². The van der Waals surface area contributed by atoms with Crippen molar-refractivity contribution in [3.63, 3.8) is 0 Å². The van der Waals surface area contributed by atoms with E-state index in [-0.39, 0.29) is 6.09 Å². The van der Waals surface area contributed by atoms with Crippen LogP contribution < -0.4 is 10.6 Å². The molecule has 1 amide bonds. The Labute approximate surface area is 97.1 Å². The summed E-state index contributed by atoms with van der Waals surface area (Å²) in [6.07, 6.45) is 3.19. The van der Waals surface area contributed by atoms with Crippen LogP contribution in [0.25, 0.3) is 0 Å². The van der Waals surface area contributed by atoms with E-state index in [1.165, 1.54) is 12.8 Å². The maximum absolute atomic E-state index is 11.7. The highest BCUT2D eigenvalue weighted by atomic mass is 16.6. The van der Waals surface area contributed by atoms with Crippen molar-refractivity contribution in [2.45, 2.75) is 51.7 Å². The third-order valence-electron chi connectivity index (χ3n) is 3.41. The average Bonchev–Trinajstić information content (AvgIpc) is 2.87. The van der Waals surface area contributed by atoms with E-state index in [0.29, 0.717) is 11.5 Å². The standard InChI is InChI=1S/C12H22N2O2/c1-11(2,3)16-10(15)14-9-4-7-13-8-12(9)5-6-12/h9,13H,4-8H2,1-3H3,(H,14,15)/t9-/m1/s1. The zero-order valence-corrected chi connectivity index (χ0v) is 10.4. The van der Waals surface area contributed by atoms with Gasteiger partial charge >= 0.3 is 6.09 Å². The van der Waals surface area contributed by atoms with Crippen molar-refractivity contribution in [2.75, 3.05) is 13.1 Å². The summed E-state index contributed by atoms with van der Waals surface area (Å²) >= 11 is 0. The van der Waals surface area contributed by atoms with E-state index in [1.807, 2.05) is 20.8 Å². The minimum atomic E-state index is -0.409. The van der Waals surface area contributed by atoms with Crippen LogP contribution in [0.3, 0.4) is 0 Å². The fraction of sp³-hybridized carbons (Fsp3) is 0.917. The summed E-state index contributed by atoms with van der Waals surface area (Å²) in [5, 5.41) is 6.42. The second-order valence-corrected chi connectivity index (χ2v) is 6.03. The Bertz CT molecular complexity index is 279. The van der Waals surface area contributed by atoms with E-state index in [9.17, 15) is 4.79 Å². The Kier molecular flexibility index (Phi) is 2.86. The highest BCUT2D eigenvalue weighted by molar-refractivity contribution is 5.68. The van der Waals surface area contributed by atoms with Gasteiger partial charge in [-0.3, -0.25) is 0 Å². The molecule has 1 atom stereocenters. The van der Waals surface area contributed by atoms with Crippen LogP contribution in [0.5, 0.6) is 0 Å². The Balaban J connectivity index is 1.86. The van der Waals surface area contributed by atoms with Crippen LogP contribution in [0.1, 0.15) is 40.0 Å². The lowest BCUT2D eigenvalue weighted by Crippen LogP contribution is -2.51. The normalized spacial score (nSPS) is 27.6. The first-order valence-electron chi connectivity index (χ1n) is 6.12. The maximum Gasteiger partial charge on any atom is 0.407 e. The van der Waals surface area contributed by atoms with Gasteiger partial charge in [-0.1, -0.05) is 0 Å². The van der Waals surface area contributed by atoms with Crippen molar-refractivity contribution in [3.05, 3.63) is 0 Å². The number of hydrogen-bond donors (Lipinski definition) is 2. The molecule has 1 heterocycles. The van der Waals surface area contributed by atoms with E-state index in [2.05, 4.69) is 10.6 Å². The summed E-state index contributed by atoms with van der Waals surface area (Å²) in [5.74, 6) is 0. The number of piperidine rings is 1. The number of carbonyl (C=O) groups is 1. The SMILES string of the molecule is CC(C)(C)OC(=O)N[C@@H]1CCNCC12CC2. The fourth-order valence-corrected chi connectivity index (χ4v) is 2.37. The van der Waals surface area contributed by atoms with Gasteiger partial charge in [0.05, 0.1) is 0 Å². The molecule has 4 nitrogen and oxygen atoms in total. The molecule has 2 aliphatic rings. The zero-order valence-electron chi connectivity index (χ0n) is 10.4. The minimum Gasteiger partial charge on any atom is -0.444 e. The number of rotatable bonds is 1. The Morgan fingerprint density at radius 3 is 2.69 bits per heavy atom. The minimum absolute atomic E-state index is 0.273. The summed E-state index contributed by atoms with van der Waals surface area (Å²) in [6.45, 7) is 7.70. The molecular formula is C12H22N2O2. The fourth-order valence-electron chi connectivity index (χ4n) is 2.37. The lowest BCUT2D eigenvalue weighted by molar-refractivity contribution is 0.0465. The molecule has 1 saturated carbocycles. The van der Waals surface area contributed by atoms with Crippen LogP contribution in [0.15, 0.2) is 0 Å². The van der Waals surface area contributed by atoms with Gasteiger partial charge in [-0.15, -0.1) is 0 Å². The number of amides is 1. The molecule has 0 aromatic heterocycles. The quantitative estimate of drug-likeness (QED) is 0.715. The Morgan fingerprint density at radius 2 is 2.12 bits per heavy atom. The Hall–Kier alpha value is -0.770. The summed E-state index contributed by atoms with van der Waals surface area (Å²) in [5.41, 5.74) is -0.0805. The molecule has 2 N–H and O–H groups in total. The van der Waals surface area contributed by atoms with Crippen LogP contribution in [0, 0.1) is 5.41 Å². The first-order chi connectivity index (χ1) is 7.41. The van der Waals surface area contributed by atoms with Crippen LogP contribution in [0.4, 0.5) is 4.79 Å². The van der Waals surface area contributed by atoms with Gasteiger partial charge in [-0.25, -0.2) is 4.79 Å². The lowest BCUT2D eigenvalue weighted by atomic mass is 9.90. The number of hydrogen-bond acceptors (Lipinski definition) is 3. The van der Waals surface area contributed by atoms with E-state index in [1.54, 1.807) is 0 Å². The molecule has 1 spiro atoms. The molecule has 0 unspecified atom stereocenters. The molecule has 2 fully saturated rings. The van der Waals surface area contributed by atoms with E-state index in [4.69, 9.17) is 4.74 Å². The van der Waals surface area contributed by atoms with Gasteiger partial charge in [0.2, 0.25) is 0 Å². The first-order valence-corrected chi connectivity index (χ1v) is 6.12. The van der Waals surface area contributed by atoms with E-state index < -0.39 is 5.60 Å². The smallest absolute Gasteiger partial charge is 0.407 e. The summed E-state index contributed by atoms with van der Waals surface area (Å²) in [7, 11) is 0. The molecule has 4 heteroatoms. The van der Waals surface area contributed by atoms with Crippen LogP contribution in [-0.2, 0) is 4.74 Å². The number of ether oxygens (including phenoxy) is 1. The third kappa shape index (κ3) is 2.67. The second kappa shape index (κ2) is 3.91. The second-order valence-electron chi connectivity index (χ2n) is 6.03. The highest BCUT2D eigenvalue weighted by Gasteiger charge is 2.51. The molecule has 0 bridgehead atoms. The summed E-state index contributed by atoms with van der Waals surface area (Å²) < 4.78 is 5.29. The summed E-state index contributed by atoms with van der Waals surface area (Å²) in [6, 6.07) is 0.295. The monoisotopic (exact) mass is 226 g/mol. The number of nitrogens with one attached hydrogen (secondary N) is 2. The maximum atomic E-state index is 11.7. The van der Waals surface area contributed by atoms with Gasteiger partial charge in [0.25, 0.3) is 0 Å². The van der Waals surface area contributed by atoms with Crippen molar-refractivity contribution >= 4 is 6.09 Å². The molecule has 0 aromatic carbocycles. The van der Waals surface area contributed by atoms with Gasteiger partial charge in [-0.2, -0.15) is 0 Å². The lowest BCUT2D eigenvalue weighted by Gasteiger charge is -2.33. The van der Waals surface area contributed by atoms with Gasteiger partial charge in [0.1, 0.15) is 5.60 Å². The molecule has 92 valence electrons. The van der Waals surface area contributed by atoms with Gasteiger partial charge in [0.15, 0.2) is 0 Å². The van der Waals surface area contributed by atoms with Crippen LogP contribution in [0.2, 0.25) is 0 Å². The van der Waals surface area contributed by atoms with Crippen LogP contribution >= 0.6 is 0 Å². The molecule has 1 aliphatic heterocycles. The molecule has 1 aliphatic carbocycles. The topological polar surface area (TPSA) is 50.4 Å². The predicted molar refractivity (Wildman–Crippen MR) is 62.3 cm³/mol. The van der Waals surface area contributed by atoms with E-state index >= 15 is 0 Å². The van der Waals surface area contributed by atoms with Gasteiger partial charge in [0, 0.05) is 18.0 Å². The largest absolute Gasteiger partial charge is 0.444 e. The van der Waals surface area contributed by atoms with Crippen molar-refractivity contribution in [3.8, 4) is 0 Å². The molecule has 2 rings (SSSR count). The highest BCUT2D eigenvalue weighted by Crippen LogP contribution is 2.50. The molecule has 0 aromatic rings. The van der Waals surface area contributed by atoms with Crippen molar-refractivity contribution in [1.82, 2.24) is 10.6 Å². The summed E-state index contributed by atoms with van der Waals surface area (Å²) in [4.78, 5) is 11.7. The first kappa shape index (κ1) is 11.7. The third-order valence-corrected chi connectivity index (χ3v) is 3.41. The Morgan fingerprint density at radius 1 is 1.44 bits per heavy atom. The van der Waals surface area contributed by atoms with Gasteiger partial charge < -0.3 is 15.4 Å². The van der Waals surface area contributed by atoms with Crippen molar-refractivity contribution in [2.24, 2.45) is 5.41 Å². The van der Waals surface area contributed by atoms with Crippen molar-refractivity contribution < 1.29 is 9.53 Å². The molecule has 0 radical (unpaired) electrons. The average molecular weight is 226 g/mol. The van der Waals surface area contributed by atoms with E-state index in [0.717, 1.165) is 19.5 Å². The molecule has 16 heavy (non-hydrogen) atoms. The van der Waals surface area contributed by atoms with Crippen LogP contribution in [-0.4, -0.2) is 30.8 Å². The molecular weight excluding hydrogens is 204 g/mol. The zero-order chi connectivity index (χ0) is 11.8. The number of alkyl carbamates (subject to hydrolysis) is 1.